The molecule has 1 aromatic heterocycles. The number of aryl methyl sites for hydroxylation is 1. The first-order chi connectivity index (χ1) is 8.11. The average Bonchev–Trinajstić information content (AvgIpc) is 2.63. The van der Waals surface area contributed by atoms with Crippen LogP contribution >= 0.6 is 0 Å². The molecule has 2 N–H and O–H groups in total. The van der Waals surface area contributed by atoms with E-state index in [1.165, 1.54) is 11.1 Å². The summed E-state index contributed by atoms with van der Waals surface area (Å²) >= 11 is 0. The highest BCUT2D eigenvalue weighted by Crippen LogP contribution is 2.17. The van der Waals surface area contributed by atoms with Crippen molar-refractivity contribution >= 4 is 11.0 Å². The first kappa shape index (κ1) is 12.1. The Hall–Kier alpha value is -1.39. The van der Waals surface area contributed by atoms with Gasteiger partial charge in [0.15, 0.2) is 0 Å². The number of fused-ring (bicyclic) bond motifs is 1. The maximum absolute atomic E-state index is 5.76. The summed E-state index contributed by atoms with van der Waals surface area (Å²) in [5, 5.41) is 0. The summed E-state index contributed by atoms with van der Waals surface area (Å²) in [4.78, 5) is 6.76. The third-order valence-electron chi connectivity index (χ3n) is 2.94. The van der Waals surface area contributed by atoms with Gasteiger partial charge in [0.05, 0.1) is 17.6 Å². The van der Waals surface area contributed by atoms with Gasteiger partial charge in [-0.25, -0.2) is 4.98 Å². The minimum absolute atomic E-state index is 0.487. The zero-order chi connectivity index (χ0) is 12.4. The topological polar surface area (TPSA) is 47.1 Å². The molecule has 0 amide bonds. The van der Waals surface area contributed by atoms with E-state index in [1.54, 1.807) is 0 Å². The smallest absolute Gasteiger partial charge is 0.123 e. The van der Waals surface area contributed by atoms with Gasteiger partial charge in [0, 0.05) is 13.1 Å². The molecule has 0 unspecified atom stereocenters. The number of nitrogens with two attached hydrogens (primary N) is 1. The molecule has 2 aromatic rings. The van der Waals surface area contributed by atoms with Crippen molar-refractivity contribution in [1.82, 2.24) is 14.5 Å². The fourth-order valence-corrected chi connectivity index (χ4v) is 2.00. The SMILES string of the molecule is Cc1ccc2c(c1)nc(CN)n2CCN(C)C. The van der Waals surface area contributed by atoms with Crippen molar-refractivity contribution in [3.8, 4) is 0 Å². The average molecular weight is 232 g/mol. The quantitative estimate of drug-likeness (QED) is 0.866. The summed E-state index contributed by atoms with van der Waals surface area (Å²) in [7, 11) is 4.15. The molecule has 0 radical (unpaired) electrons. The summed E-state index contributed by atoms with van der Waals surface area (Å²) < 4.78 is 2.22. The number of nitrogens with zero attached hydrogens (tertiary/aromatic N) is 3. The van der Waals surface area contributed by atoms with Crippen LogP contribution in [0.15, 0.2) is 18.2 Å². The number of imidazole rings is 1. The number of likely N-dealkylation sites (N-methyl/N-ethyl adjacent to an activating group) is 1. The van der Waals surface area contributed by atoms with E-state index >= 15 is 0 Å². The van der Waals surface area contributed by atoms with Crippen molar-refractivity contribution < 1.29 is 0 Å². The van der Waals surface area contributed by atoms with Gasteiger partial charge >= 0.3 is 0 Å². The second-order valence-electron chi connectivity index (χ2n) is 4.68. The Morgan fingerprint density at radius 3 is 2.76 bits per heavy atom. The summed E-state index contributed by atoms with van der Waals surface area (Å²) in [5.41, 5.74) is 9.22. The number of rotatable bonds is 4. The molecule has 0 aliphatic carbocycles. The molecule has 92 valence electrons. The van der Waals surface area contributed by atoms with Crippen LogP contribution in [-0.2, 0) is 13.1 Å². The highest BCUT2D eigenvalue weighted by molar-refractivity contribution is 5.76. The van der Waals surface area contributed by atoms with Crippen molar-refractivity contribution in [3.63, 3.8) is 0 Å². The normalized spacial score (nSPS) is 11.6. The lowest BCUT2D eigenvalue weighted by molar-refractivity contribution is 0.383. The van der Waals surface area contributed by atoms with Crippen molar-refractivity contribution in [1.29, 1.82) is 0 Å². The third-order valence-corrected chi connectivity index (χ3v) is 2.94. The zero-order valence-electron chi connectivity index (χ0n) is 10.8. The molecule has 0 atom stereocenters. The van der Waals surface area contributed by atoms with E-state index in [4.69, 9.17) is 5.73 Å². The van der Waals surface area contributed by atoms with Gasteiger partial charge in [-0.05, 0) is 38.7 Å². The first-order valence-corrected chi connectivity index (χ1v) is 5.92. The lowest BCUT2D eigenvalue weighted by Gasteiger charge is -2.12. The van der Waals surface area contributed by atoms with Crippen LogP contribution in [0.2, 0.25) is 0 Å². The predicted molar refractivity (Wildman–Crippen MR) is 70.9 cm³/mol. The Balaban J connectivity index is 2.43. The Morgan fingerprint density at radius 1 is 1.35 bits per heavy atom. The van der Waals surface area contributed by atoms with Crippen LogP contribution in [0.5, 0.6) is 0 Å². The number of aromatic nitrogens is 2. The number of hydrogen-bond acceptors (Lipinski definition) is 3. The minimum Gasteiger partial charge on any atom is -0.326 e. The van der Waals surface area contributed by atoms with E-state index in [0.29, 0.717) is 6.54 Å². The van der Waals surface area contributed by atoms with Crippen LogP contribution in [0.4, 0.5) is 0 Å². The molecule has 17 heavy (non-hydrogen) atoms. The summed E-state index contributed by atoms with van der Waals surface area (Å²) in [6, 6.07) is 6.36. The monoisotopic (exact) mass is 232 g/mol. The Kier molecular flexibility index (Phi) is 3.45. The van der Waals surface area contributed by atoms with Gasteiger partial charge in [0.25, 0.3) is 0 Å². The fourth-order valence-electron chi connectivity index (χ4n) is 2.00. The first-order valence-electron chi connectivity index (χ1n) is 5.92. The molecule has 4 heteroatoms. The summed E-state index contributed by atoms with van der Waals surface area (Å²) in [6.45, 7) is 4.49. The van der Waals surface area contributed by atoms with E-state index < -0.39 is 0 Å². The molecule has 0 bridgehead atoms. The summed E-state index contributed by atoms with van der Waals surface area (Å²) in [5.74, 6) is 0.965. The largest absolute Gasteiger partial charge is 0.326 e. The van der Waals surface area contributed by atoms with Gasteiger partial charge in [-0.1, -0.05) is 6.07 Å². The van der Waals surface area contributed by atoms with Crippen LogP contribution in [0.1, 0.15) is 11.4 Å². The van der Waals surface area contributed by atoms with Crippen molar-refractivity contribution in [3.05, 3.63) is 29.6 Å². The van der Waals surface area contributed by atoms with Crippen molar-refractivity contribution in [2.24, 2.45) is 5.73 Å². The third kappa shape index (κ3) is 2.48. The van der Waals surface area contributed by atoms with E-state index in [9.17, 15) is 0 Å². The molecule has 0 saturated heterocycles. The molecule has 0 saturated carbocycles. The van der Waals surface area contributed by atoms with Crippen LogP contribution in [-0.4, -0.2) is 35.1 Å². The lowest BCUT2D eigenvalue weighted by Crippen LogP contribution is -2.20. The highest BCUT2D eigenvalue weighted by atomic mass is 15.1. The highest BCUT2D eigenvalue weighted by Gasteiger charge is 2.09. The van der Waals surface area contributed by atoms with Crippen LogP contribution in [0.25, 0.3) is 11.0 Å². The van der Waals surface area contributed by atoms with E-state index in [-0.39, 0.29) is 0 Å². The predicted octanol–water partition coefficient (Wildman–Crippen LogP) is 1.37. The van der Waals surface area contributed by atoms with Gasteiger partial charge < -0.3 is 15.2 Å². The van der Waals surface area contributed by atoms with Gasteiger partial charge in [-0.15, -0.1) is 0 Å². The molecule has 2 rings (SSSR count). The molecule has 0 fully saturated rings. The van der Waals surface area contributed by atoms with Gasteiger partial charge in [-0.2, -0.15) is 0 Å². The fraction of sp³-hybridized carbons (Fsp3) is 0.462. The van der Waals surface area contributed by atoms with Crippen molar-refractivity contribution in [2.45, 2.75) is 20.0 Å². The van der Waals surface area contributed by atoms with Crippen LogP contribution in [0, 0.1) is 6.92 Å². The van der Waals surface area contributed by atoms with Crippen LogP contribution in [0.3, 0.4) is 0 Å². The van der Waals surface area contributed by atoms with E-state index in [2.05, 4.69) is 53.7 Å². The maximum atomic E-state index is 5.76. The molecule has 0 aliphatic rings. The van der Waals surface area contributed by atoms with Gasteiger partial charge in [-0.3, -0.25) is 0 Å². The second kappa shape index (κ2) is 4.85. The summed E-state index contributed by atoms with van der Waals surface area (Å²) in [6.07, 6.45) is 0. The number of hydrogen-bond donors (Lipinski definition) is 1. The van der Waals surface area contributed by atoms with E-state index in [0.717, 1.165) is 24.4 Å². The number of benzene rings is 1. The molecule has 1 aromatic carbocycles. The lowest BCUT2D eigenvalue weighted by atomic mass is 10.2. The standard InChI is InChI=1S/C13H20N4/c1-10-4-5-12-11(8-10)15-13(9-14)17(12)7-6-16(2)3/h4-5,8H,6-7,9,14H2,1-3H3. The van der Waals surface area contributed by atoms with Gasteiger partial charge in [0.2, 0.25) is 0 Å². The molecule has 0 aliphatic heterocycles. The Labute approximate surface area is 102 Å². The van der Waals surface area contributed by atoms with Crippen LogP contribution < -0.4 is 5.73 Å². The van der Waals surface area contributed by atoms with E-state index in [1.807, 2.05) is 0 Å². The zero-order valence-corrected chi connectivity index (χ0v) is 10.8. The minimum atomic E-state index is 0.487. The molecule has 1 heterocycles. The molecular formula is C13H20N4. The Morgan fingerprint density at radius 2 is 2.12 bits per heavy atom. The molecular weight excluding hydrogens is 212 g/mol. The maximum Gasteiger partial charge on any atom is 0.123 e. The van der Waals surface area contributed by atoms with Crippen molar-refractivity contribution in [2.75, 3.05) is 20.6 Å². The van der Waals surface area contributed by atoms with Gasteiger partial charge in [0.1, 0.15) is 5.82 Å². The Bertz CT molecular complexity index is 513. The second-order valence-corrected chi connectivity index (χ2v) is 4.68. The molecule has 0 spiro atoms. The molecule has 4 nitrogen and oxygen atoms in total.